The summed E-state index contributed by atoms with van der Waals surface area (Å²) >= 11 is 0. The zero-order valence-electron chi connectivity index (χ0n) is 9.56. The smallest absolute Gasteiger partial charge is 0.303 e. The average molecular weight is 239 g/mol. The van der Waals surface area contributed by atoms with Crippen molar-refractivity contribution in [2.24, 2.45) is 0 Å². The van der Waals surface area contributed by atoms with Crippen LogP contribution in [0.4, 0.5) is 0 Å². The third-order valence-corrected chi connectivity index (χ3v) is 4.08. The number of hydrogen-bond donors (Lipinski definition) is 1. The zero-order valence-corrected chi connectivity index (χ0v) is 10.7. The fourth-order valence-electron chi connectivity index (χ4n) is 1.63. The van der Waals surface area contributed by atoms with Crippen molar-refractivity contribution < 1.29 is 9.90 Å². The largest absolute Gasteiger partial charge is 0.481 e. The highest BCUT2D eigenvalue weighted by molar-refractivity contribution is 7.47. The van der Waals surface area contributed by atoms with Crippen molar-refractivity contribution in [3.63, 3.8) is 0 Å². The Morgan fingerprint density at radius 1 is 1.06 bits per heavy atom. The summed E-state index contributed by atoms with van der Waals surface area (Å²) in [6, 6.07) is 10.6. The molecule has 0 amide bonds. The molecular weight excluding hydrogens is 219 g/mol. The van der Waals surface area contributed by atoms with Gasteiger partial charge in [-0.2, -0.15) is 0 Å². The van der Waals surface area contributed by atoms with Gasteiger partial charge in [0, 0.05) is 15.0 Å². The van der Waals surface area contributed by atoms with E-state index >= 15 is 0 Å². The molecule has 0 bridgehead atoms. The lowest BCUT2D eigenvalue weighted by Crippen LogP contribution is -1.95. The monoisotopic (exact) mass is 239 g/mol. The number of carboxylic acid groups (broad SMARTS) is 1. The molecule has 1 unspecified atom stereocenters. The maximum Gasteiger partial charge on any atom is 0.303 e. The second-order valence-electron chi connectivity index (χ2n) is 3.96. The fraction of sp³-hybridized carbons (Fsp3) is 0.462. The van der Waals surface area contributed by atoms with Crippen molar-refractivity contribution in [2.75, 3.05) is 6.16 Å². The normalized spacial score (nSPS) is 11.0. The zero-order chi connectivity index (χ0) is 11.6. The van der Waals surface area contributed by atoms with Crippen LogP contribution in [-0.4, -0.2) is 17.2 Å². The van der Waals surface area contributed by atoms with Gasteiger partial charge in [-0.05, 0) is 31.4 Å². The van der Waals surface area contributed by atoms with Crippen molar-refractivity contribution in [2.45, 2.75) is 32.1 Å². The molecule has 2 nitrogen and oxygen atoms in total. The Bertz CT molecular complexity index is 298. The van der Waals surface area contributed by atoms with E-state index in [9.17, 15) is 4.79 Å². The van der Waals surface area contributed by atoms with Gasteiger partial charge in [0.25, 0.3) is 0 Å². The van der Waals surface area contributed by atoms with Crippen LogP contribution in [0.5, 0.6) is 0 Å². The number of unbranched alkanes of at least 4 members (excludes halogenated alkanes) is 3. The maximum atomic E-state index is 10.3. The molecule has 0 spiro atoms. The molecule has 1 aromatic carbocycles. The van der Waals surface area contributed by atoms with Crippen LogP contribution in [0.2, 0.25) is 0 Å². The lowest BCUT2D eigenvalue weighted by molar-refractivity contribution is -0.137. The summed E-state index contributed by atoms with van der Waals surface area (Å²) in [6.07, 6.45) is 5.91. The molecule has 0 saturated carbocycles. The third kappa shape index (κ3) is 6.58. The SMILES string of the molecule is O=C(O)CCCCCC[PH2+]c1ccccc1. The Morgan fingerprint density at radius 2 is 1.75 bits per heavy atom. The number of carboxylic acids is 1. The number of carbonyl (C=O) groups is 1. The molecule has 0 aliphatic rings. The van der Waals surface area contributed by atoms with Gasteiger partial charge < -0.3 is 5.11 Å². The summed E-state index contributed by atoms with van der Waals surface area (Å²) in [7, 11) is 0.409. The predicted octanol–water partition coefficient (Wildman–Crippen LogP) is 2.76. The predicted molar refractivity (Wildman–Crippen MR) is 71.4 cm³/mol. The van der Waals surface area contributed by atoms with Crippen molar-refractivity contribution in [1.29, 1.82) is 0 Å². The Morgan fingerprint density at radius 3 is 2.44 bits per heavy atom. The van der Waals surface area contributed by atoms with Crippen molar-refractivity contribution in [3.8, 4) is 0 Å². The van der Waals surface area contributed by atoms with Gasteiger partial charge in [-0.1, -0.05) is 24.6 Å². The standard InChI is InChI=1S/C13H19O2P/c14-13(15)10-6-1-2-7-11-16-12-8-4-3-5-9-12/h3-5,8-9,16H,1-2,6-7,10-11H2,(H,14,15)/p+1. The summed E-state index contributed by atoms with van der Waals surface area (Å²) < 4.78 is 0. The minimum Gasteiger partial charge on any atom is -0.481 e. The molecule has 1 atom stereocenters. The summed E-state index contributed by atoms with van der Waals surface area (Å²) in [4.78, 5) is 10.3. The molecule has 0 heterocycles. The van der Waals surface area contributed by atoms with Crippen LogP contribution in [0.15, 0.2) is 30.3 Å². The molecule has 0 fully saturated rings. The highest BCUT2D eigenvalue weighted by Crippen LogP contribution is 2.14. The number of aliphatic carboxylic acids is 1. The van der Waals surface area contributed by atoms with E-state index in [-0.39, 0.29) is 0 Å². The van der Waals surface area contributed by atoms with Gasteiger partial charge in [-0.25, -0.2) is 0 Å². The maximum absolute atomic E-state index is 10.3. The molecule has 0 aliphatic heterocycles. The van der Waals surface area contributed by atoms with Crippen molar-refractivity contribution in [1.82, 2.24) is 0 Å². The first-order chi connectivity index (χ1) is 7.79. The summed E-state index contributed by atoms with van der Waals surface area (Å²) in [5.74, 6) is -0.671. The van der Waals surface area contributed by atoms with E-state index in [1.54, 1.807) is 0 Å². The van der Waals surface area contributed by atoms with Crippen molar-refractivity contribution >= 4 is 19.9 Å². The molecular formula is C13H20O2P+. The Hall–Kier alpha value is -0.880. The first kappa shape index (κ1) is 13.2. The van der Waals surface area contributed by atoms with Crippen LogP contribution >= 0.6 is 8.58 Å². The van der Waals surface area contributed by atoms with E-state index in [2.05, 4.69) is 30.3 Å². The first-order valence-corrected chi connectivity index (χ1v) is 7.28. The quantitative estimate of drug-likeness (QED) is 0.559. The fourth-order valence-corrected chi connectivity index (χ4v) is 2.95. The summed E-state index contributed by atoms with van der Waals surface area (Å²) in [6.45, 7) is 0. The van der Waals surface area contributed by atoms with Crippen LogP contribution in [0.3, 0.4) is 0 Å². The molecule has 1 aromatic rings. The number of hydrogen-bond acceptors (Lipinski definition) is 1. The molecule has 0 saturated heterocycles. The van der Waals surface area contributed by atoms with Crippen LogP contribution < -0.4 is 5.30 Å². The van der Waals surface area contributed by atoms with Gasteiger partial charge in [-0.3, -0.25) is 4.79 Å². The van der Waals surface area contributed by atoms with Gasteiger partial charge in [0.2, 0.25) is 0 Å². The van der Waals surface area contributed by atoms with Crippen LogP contribution in [-0.2, 0) is 4.79 Å². The van der Waals surface area contributed by atoms with Gasteiger partial charge in [0.05, 0.1) is 11.5 Å². The van der Waals surface area contributed by atoms with Gasteiger partial charge in [-0.15, -0.1) is 0 Å². The van der Waals surface area contributed by atoms with Gasteiger partial charge >= 0.3 is 5.97 Å². The van der Waals surface area contributed by atoms with Gasteiger partial charge in [0.15, 0.2) is 0 Å². The Labute approximate surface area is 98.9 Å². The topological polar surface area (TPSA) is 37.3 Å². The lowest BCUT2D eigenvalue weighted by atomic mass is 10.2. The highest BCUT2D eigenvalue weighted by atomic mass is 31.1. The van der Waals surface area contributed by atoms with Crippen LogP contribution in [0, 0.1) is 0 Å². The molecule has 0 aliphatic carbocycles. The molecule has 0 aromatic heterocycles. The first-order valence-electron chi connectivity index (χ1n) is 5.89. The Balaban J connectivity index is 1.94. The van der Waals surface area contributed by atoms with E-state index in [1.807, 2.05) is 0 Å². The number of benzene rings is 1. The third-order valence-electron chi connectivity index (χ3n) is 2.52. The van der Waals surface area contributed by atoms with Crippen LogP contribution in [0.1, 0.15) is 32.1 Å². The van der Waals surface area contributed by atoms with E-state index in [1.165, 1.54) is 24.3 Å². The number of rotatable bonds is 8. The summed E-state index contributed by atoms with van der Waals surface area (Å²) in [5, 5.41) is 9.95. The second-order valence-corrected chi connectivity index (χ2v) is 5.61. The van der Waals surface area contributed by atoms with E-state index in [0.29, 0.717) is 15.0 Å². The van der Waals surface area contributed by atoms with E-state index in [4.69, 9.17) is 5.11 Å². The van der Waals surface area contributed by atoms with E-state index < -0.39 is 5.97 Å². The molecule has 16 heavy (non-hydrogen) atoms. The summed E-state index contributed by atoms with van der Waals surface area (Å²) in [5.41, 5.74) is 0. The molecule has 1 rings (SSSR count). The molecule has 3 heteroatoms. The molecule has 0 radical (unpaired) electrons. The second kappa shape index (κ2) is 8.29. The minimum atomic E-state index is -0.671. The Kier molecular flexibility index (Phi) is 6.83. The van der Waals surface area contributed by atoms with Gasteiger partial charge in [0.1, 0.15) is 0 Å². The van der Waals surface area contributed by atoms with Crippen molar-refractivity contribution in [3.05, 3.63) is 30.3 Å². The average Bonchev–Trinajstić information content (AvgIpc) is 2.29. The molecule has 1 N–H and O–H groups in total. The molecule has 88 valence electrons. The van der Waals surface area contributed by atoms with E-state index in [0.717, 1.165) is 12.8 Å². The highest BCUT2D eigenvalue weighted by Gasteiger charge is 2.00. The van der Waals surface area contributed by atoms with Crippen LogP contribution in [0.25, 0.3) is 0 Å². The lowest BCUT2D eigenvalue weighted by Gasteiger charge is -1.97. The minimum absolute atomic E-state index is 0.325.